The predicted molar refractivity (Wildman–Crippen MR) is 144 cm³/mol. The van der Waals surface area contributed by atoms with Crippen LogP contribution in [0, 0.1) is 23.4 Å². The van der Waals surface area contributed by atoms with E-state index in [1.54, 1.807) is 4.90 Å². The van der Waals surface area contributed by atoms with Gasteiger partial charge >= 0.3 is 6.09 Å². The summed E-state index contributed by atoms with van der Waals surface area (Å²) in [5, 5.41) is 2.78. The van der Waals surface area contributed by atoms with E-state index in [4.69, 9.17) is 14.2 Å². The lowest BCUT2D eigenvalue weighted by molar-refractivity contribution is 0.0214. The molecule has 3 aliphatic heterocycles. The molecule has 13 heteroatoms. The summed E-state index contributed by atoms with van der Waals surface area (Å²) in [6.07, 6.45) is 2.26. The van der Waals surface area contributed by atoms with Crippen molar-refractivity contribution in [3.05, 3.63) is 42.0 Å². The average Bonchev–Trinajstić information content (AvgIpc) is 3.68. The van der Waals surface area contributed by atoms with Crippen molar-refractivity contribution in [3.8, 4) is 5.75 Å². The normalized spacial score (nSPS) is 22.0. The monoisotopic (exact) mass is 572 g/mol. The highest BCUT2D eigenvalue weighted by Crippen LogP contribution is 2.37. The van der Waals surface area contributed by atoms with E-state index in [2.05, 4.69) is 20.3 Å². The van der Waals surface area contributed by atoms with Gasteiger partial charge in [-0.05, 0) is 45.7 Å². The van der Waals surface area contributed by atoms with Crippen LogP contribution in [0.1, 0.15) is 33.6 Å². The number of piperazine rings is 1. The molecule has 3 aliphatic rings. The molecule has 0 radical (unpaired) electrons. The fourth-order valence-corrected chi connectivity index (χ4v) is 5.51. The van der Waals surface area contributed by atoms with E-state index in [9.17, 15) is 9.18 Å². The summed E-state index contributed by atoms with van der Waals surface area (Å²) >= 11 is 0. The number of amides is 1. The number of carbonyl (C=O) groups is 1. The lowest BCUT2D eigenvalue weighted by atomic mass is 10.1. The number of nitrogens with zero attached hydrogens (tertiary/aromatic N) is 5. The highest BCUT2D eigenvalue weighted by Gasteiger charge is 2.47. The maximum absolute atomic E-state index is 15.3. The number of nitrogens with one attached hydrogen (secondary N) is 1. The standard InChI is InChI=1S/C28H31F3N6O4/c1-28(2,3)41-27(38)37-11-16-8-17(37)10-36(16)26-18(29)9-20-24(35-26)25(33-14-32-20)34-19-4-5-21(23(31)22(19)30)40-13-15-6-7-39-12-15/h4-5,9,14-17H,6-8,10-13H2,1-3H3,(H,32,33,34)/t15-,16+,17+/m1/s1. The van der Waals surface area contributed by atoms with Crippen molar-refractivity contribution >= 4 is 34.4 Å². The molecule has 5 heterocycles. The number of benzene rings is 1. The number of halogens is 3. The highest BCUT2D eigenvalue weighted by molar-refractivity contribution is 5.88. The van der Waals surface area contributed by atoms with Crippen molar-refractivity contribution in [2.45, 2.75) is 51.3 Å². The number of hydrogen-bond donors (Lipinski definition) is 1. The SMILES string of the molecule is CC(C)(C)OC(=O)N1C[C@@H]2C[C@H]1CN2c1nc2c(Nc3ccc(OC[C@@H]4CCOC4)c(F)c3F)ncnc2cc1F. The fraction of sp³-hybridized carbons (Fsp3) is 0.500. The van der Waals surface area contributed by atoms with Gasteiger partial charge in [0.05, 0.1) is 36.5 Å². The van der Waals surface area contributed by atoms with Crippen molar-refractivity contribution in [3.63, 3.8) is 0 Å². The lowest BCUT2D eigenvalue weighted by Crippen LogP contribution is -2.50. The minimum Gasteiger partial charge on any atom is -0.490 e. The Morgan fingerprint density at radius 3 is 2.68 bits per heavy atom. The maximum Gasteiger partial charge on any atom is 0.410 e. The third-order valence-corrected chi connectivity index (χ3v) is 7.48. The first-order chi connectivity index (χ1) is 19.6. The summed E-state index contributed by atoms with van der Waals surface area (Å²) in [6, 6.07) is 3.64. The molecule has 1 N–H and O–H groups in total. The third-order valence-electron chi connectivity index (χ3n) is 7.48. The highest BCUT2D eigenvalue weighted by atomic mass is 19.2. The van der Waals surface area contributed by atoms with Crippen molar-refractivity contribution in [2.24, 2.45) is 5.92 Å². The molecule has 3 aromatic rings. The molecule has 0 saturated carbocycles. The Kier molecular flexibility index (Phi) is 7.00. The molecular weight excluding hydrogens is 541 g/mol. The van der Waals surface area contributed by atoms with Crippen LogP contribution < -0.4 is 15.0 Å². The van der Waals surface area contributed by atoms with E-state index in [1.165, 1.54) is 24.5 Å². The minimum absolute atomic E-state index is 0.0815. The number of aromatic nitrogens is 3. The maximum atomic E-state index is 15.3. The van der Waals surface area contributed by atoms with Gasteiger partial charge in [-0.15, -0.1) is 0 Å². The molecule has 0 spiro atoms. The van der Waals surface area contributed by atoms with Gasteiger partial charge in [-0.2, -0.15) is 4.39 Å². The zero-order valence-electron chi connectivity index (χ0n) is 23.0. The van der Waals surface area contributed by atoms with Crippen LogP contribution in [0.25, 0.3) is 11.0 Å². The van der Waals surface area contributed by atoms with Crippen LogP contribution in [-0.4, -0.2) is 76.5 Å². The summed E-state index contributed by atoms with van der Waals surface area (Å²) in [4.78, 5) is 28.9. The average molecular weight is 573 g/mol. The molecule has 41 heavy (non-hydrogen) atoms. The molecule has 1 amide bonds. The molecule has 1 aromatic carbocycles. The first-order valence-corrected chi connectivity index (χ1v) is 13.6. The number of hydrogen-bond acceptors (Lipinski definition) is 9. The molecule has 6 rings (SSSR count). The molecule has 3 atom stereocenters. The van der Waals surface area contributed by atoms with Crippen LogP contribution >= 0.6 is 0 Å². The lowest BCUT2D eigenvalue weighted by Gasteiger charge is -2.35. The van der Waals surface area contributed by atoms with Gasteiger partial charge in [0.2, 0.25) is 5.82 Å². The van der Waals surface area contributed by atoms with E-state index in [-0.39, 0.29) is 58.7 Å². The summed E-state index contributed by atoms with van der Waals surface area (Å²) in [7, 11) is 0. The third kappa shape index (κ3) is 5.42. The van der Waals surface area contributed by atoms with Gasteiger partial charge in [0.1, 0.15) is 17.4 Å². The second kappa shape index (κ2) is 10.5. The predicted octanol–water partition coefficient (Wildman–Crippen LogP) is 4.80. The minimum atomic E-state index is -1.14. The molecule has 0 aliphatic carbocycles. The van der Waals surface area contributed by atoms with Crippen LogP contribution in [0.2, 0.25) is 0 Å². The van der Waals surface area contributed by atoms with Crippen molar-refractivity contribution in [1.29, 1.82) is 0 Å². The number of anilines is 3. The molecular formula is C28H31F3N6O4. The van der Waals surface area contributed by atoms with E-state index in [0.717, 1.165) is 6.42 Å². The Labute approximate surface area is 234 Å². The number of rotatable bonds is 6. The van der Waals surface area contributed by atoms with Crippen LogP contribution in [0.5, 0.6) is 5.75 Å². The zero-order chi connectivity index (χ0) is 28.9. The van der Waals surface area contributed by atoms with Gasteiger partial charge in [-0.25, -0.2) is 28.5 Å². The molecule has 218 valence electrons. The van der Waals surface area contributed by atoms with E-state index >= 15 is 8.78 Å². The number of fused-ring (bicyclic) bond motifs is 3. The van der Waals surface area contributed by atoms with Crippen LogP contribution in [0.4, 0.5) is 35.3 Å². The Hall–Kier alpha value is -3.87. The number of carbonyl (C=O) groups excluding carboxylic acids is 1. The van der Waals surface area contributed by atoms with E-state index < -0.39 is 29.1 Å². The van der Waals surface area contributed by atoms with Crippen LogP contribution in [-0.2, 0) is 9.47 Å². The largest absolute Gasteiger partial charge is 0.490 e. The smallest absolute Gasteiger partial charge is 0.410 e. The van der Waals surface area contributed by atoms with Crippen LogP contribution in [0.3, 0.4) is 0 Å². The van der Waals surface area contributed by atoms with Gasteiger partial charge in [0.15, 0.2) is 29.0 Å². The molecule has 2 bridgehead atoms. The summed E-state index contributed by atoms with van der Waals surface area (Å²) in [5.41, 5.74) is -0.408. The molecule has 10 nitrogen and oxygen atoms in total. The zero-order valence-corrected chi connectivity index (χ0v) is 23.0. The molecule has 2 aromatic heterocycles. The Bertz CT molecular complexity index is 1480. The summed E-state index contributed by atoms with van der Waals surface area (Å²) in [5.74, 6) is -2.74. The number of pyridine rings is 1. The quantitative estimate of drug-likeness (QED) is 0.446. The molecule has 3 fully saturated rings. The van der Waals surface area contributed by atoms with Crippen molar-refractivity contribution in [2.75, 3.05) is 43.1 Å². The van der Waals surface area contributed by atoms with Crippen LogP contribution in [0.15, 0.2) is 24.5 Å². The van der Waals surface area contributed by atoms with Gasteiger partial charge in [-0.3, -0.25) is 0 Å². The van der Waals surface area contributed by atoms with E-state index in [0.29, 0.717) is 32.7 Å². The Morgan fingerprint density at radius 2 is 1.98 bits per heavy atom. The second-order valence-electron chi connectivity index (χ2n) is 11.6. The molecule has 3 saturated heterocycles. The fourth-order valence-electron chi connectivity index (χ4n) is 5.51. The Morgan fingerprint density at radius 1 is 1.15 bits per heavy atom. The number of likely N-dealkylation sites (tertiary alicyclic amines) is 1. The Balaban J connectivity index is 1.22. The van der Waals surface area contributed by atoms with Gasteiger partial charge < -0.3 is 29.3 Å². The first-order valence-electron chi connectivity index (χ1n) is 13.6. The molecule has 0 unspecified atom stereocenters. The van der Waals surface area contributed by atoms with Gasteiger partial charge in [-0.1, -0.05) is 0 Å². The van der Waals surface area contributed by atoms with Crippen molar-refractivity contribution < 1.29 is 32.2 Å². The topological polar surface area (TPSA) is 102 Å². The summed E-state index contributed by atoms with van der Waals surface area (Å²) in [6.45, 7) is 7.57. The van der Waals surface area contributed by atoms with E-state index in [1.807, 2.05) is 25.7 Å². The first kappa shape index (κ1) is 27.3. The van der Waals surface area contributed by atoms with Crippen molar-refractivity contribution in [1.82, 2.24) is 19.9 Å². The second-order valence-corrected chi connectivity index (χ2v) is 11.6. The number of ether oxygens (including phenoxy) is 3. The van der Waals surface area contributed by atoms with Gasteiger partial charge in [0.25, 0.3) is 0 Å². The summed E-state index contributed by atoms with van der Waals surface area (Å²) < 4.78 is 61.4. The van der Waals surface area contributed by atoms with Gasteiger partial charge in [0, 0.05) is 31.7 Å².